The van der Waals surface area contributed by atoms with E-state index in [1.165, 1.54) is 51.5 Å². The number of hydrogen-bond acceptors (Lipinski definition) is 1. The Morgan fingerprint density at radius 1 is 1.09 bits per heavy atom. The van der Waals surface area contributed by atoms with Crippen LogP contribution in [-0.2, 0) is 6.54 Å². The average molecular weight is 365 g/mol. The zero-order valence-corrected chi connectivity index (χ0v) is 14.8. The molecule has 2 atom stereocenters. The molecule has 4 aliphatic rings. The molecule has 4 fully saturated rings. The third kappa shape index (κ3) is 2.94. The molecule has 0 aromatic heterocycles. The van der Waals surface area contributed by atoms with Crippen LogP contribution in [0.2, 0.25) is 0 Å². The van der Waals surface area contributed by atoms with E-state index in [0.29, 0.717) is 11.2 Å². The quantitative estimate of drug-likeness (QED) is 0.836. The Morgan fingerprint density at radius 3 is 2.50 bits per heavy atom. The highest BCUT2D eigenvalue weighted by Crippen LogP contribution is 2.57. The van der Waals surface area contributed by atoms with Gasteiger partial charge in [-0.25, -0.2) is 0 Å². The predicted octanol–water partition coefficient (Wildman–Crippen LogP) is 3.82. The smallest absolute Gasteiger partial charge is 0.124 e. The number of rotatable bonds is 4. The summed E-state index contributed by atoms with van der Waals surface area (Å²) in [6, 6.07) is 5.75. The number of quaternary nitrogens is 1. The minimum Gasteiger partial charge on any atom is -0.507 e. The molecule has 0 aliphatic heterocycles. The van der Waals surface area contributed by atoms with Crippen LogP contribution in [0.4, 0.5) is 0 Å². The minimum absolute atomic E-state index is 0.433. The standard InChI is InChI=1S/C19H26BrNO/c20-17-3-4-18(22)16(7-17)11-21-12-19-8-13-1-2-14(9-19)6-15(5-13)10-19/h3-4,7,13-15,21-22H,1-2,5-6,8-12H2/p+1/t13-,14-,15?,19?/m1/s1. The lowest BCUT2D eigenvalue weighted by Gasteiger charge is -2.47. The number of hydrogen-bond donors (Lipinski definition) is 2. The summed E-state index contributed by atoms with van der Waals surface area (Å²) in [6.07, 6.45) is 10.4. The molecule has 1 aromatic rings. The van der Waals surface area contributed by atoms with Crippen LogP contribution >= 0.6 is 15.9 Å². The number of phenolic OH excluding ortho intramolecular Hbond substituents is 1. The maximum absolute atomic E-state index is 10.00. The van der Waals surface area contributed by atoms with E-state index >= 15 is 0 Å². The van der Waals surface area contributed by atoms with Crippen molar-refractivity contribution in [2.24, 2.45) is 23.2 Å². The summed E-state index contributed by atoms with van der Waals surface area (Å²) in [5.41, 5.74) is 1.66. The number of phenols is 1. The predicted molar refractivity (Wildman–Crippen MR) is 91.5 cm³/mol. The molecule has 0 radical (unpaired) electrons. The highest BCUT2D eigenvalue weighted by atomic mass is 79.9. The van der Waals surface area contributed by atoms with Gasteiger partial charge in [0.25, 0.3) is 0 Å². The fraction of sp³-hybridized carbons (Fsp3) is 0.684. The zero-order chi connectivity index (χ0) is 15.2. The van der Waals surface area contributed by atoms with Crippen LogP contribution in [0.3, 0.4) is 0 Å². The van der Waals surface area contributed by atoms with Crippen molar-refractivity contribution in [3.8, 4) is 5.75 Å². The van der Waals surface area contributed by atoms with E-state index in [1.54, 1.807) is 6.07 Å². The van der Waals surface area contributed by atoms with Crippen LogP contribution in [0.5, 0.6) is 5.75 Å². The second-order valence-corrected chi connectivity index (χ2v) is 9.14. The molecular formula is C19H27BrNO+. The van der Waals surface area contributed by atoms with Crippen molar-refractivity contribution in [3.05, 3.63) is 28.2 Å². The molecule has 4 saturated carbocycles. The first-order chi connectivity index (χ1) is 10.6. The third-order valence-corrected chi connectivity index (χ3v) is 6.96. The maximum Gasteiger partial charge on any atom is 0.124 e. The van der Waals surface area contributed by atoms with Crippen molar-refractivity contribution in [1.82, 2.24) is 0 Å². The molecule has 0 heterocycles. The highest BCUT2D eigenvalue weighted by molar-refractivity contribution is 9.10. The van der Waals surface area contributed by atoms with Gasteiger partial charge in [0.05, 0.1) is 6.54 Å². The molecule has 0 saturated heterocycles. The Balaban J connectivity index is 1.42. The fourth-order valence-corrected chi connectivity index (χ4v) is 6.28. The first-order valence-electron chi connectivity index (χ1n) is 8.91. The van der Waals surface area contributed by atoms with Crippen molar-refractivity contribution in [1.29, 1.82) is 0 Å². The second-order valence-electron chi connectivity index (χ2n) is 8.23. The Kier molecular flexibility index (Phi) is 3.98. The van der Waals surface area contributed by atoms with E-state index in [-0.39, 0.29) is 0 Å². The van der Waals surface area contributed by atoms with Gasteiger partial charge in [0, 0.05) is 15.5 Å². The van der Waals surface area contributed by atoms with E-state index in [2.05, 4.69) is 27.3 Å². The van der Waals surface area contributed by atoms with E-state index in [0.717, 1.165) is 34.3 Å². The Bertz CT molecular complexity index is 542. The van der Waals surface area contributed by atoms with Crippen LogP contribution in [0.25, 0.3) is 0 Å². The van der Waals surface area contributed by atoms with Gasteiger partial charge in [0.1, 0.15) is 12.3 Å². The van der Waals surface area contributed by atoms with Crippen LogP contribution in [0.15, 0.2) is 22.7 Å². The Morgan fingerprint density at radius 2 is 1.77 bits per heavy atom. The van der Waals surface area contributed by atoms with E-state index < -0.39 is 0 Å². The van der Waals surface area contributed by atoms with Crippen molar-refractivity contribution in [2.75, 3.05) is 6.54 Å². The minimum atomic E-state index is 0.433. The van der Waals surface area contributed by atoms with Crippen LogP contribution in [-0.4, -0.2) is 11.7 Å². The first-order valence-corrected chi connectivity index (χ1v) is 9.70. The number of nitrogens with two attached hydrogens (primary N) is 1. The lowest BCUT2D eigenvalue weighted by molar-refractivity contribution is -0.683. The molecule has 0 spiro atoms. The lowest BCUT2D eigenvalue weighted by atomic mass is 9.58. The summed E-state index contributed by atoms with van der Waals surface area (Å²) >= 11 is 3.51. The Labute approximate surface area is 141 Å². The van der Waals surface area contributed by atoms with Gasteiger partial charge in [0.2, 0.25) is 0 Å². The largest absolute Gasteiger partial charge is 0.507 e. The van der Waals surface area contributed by atoms with Crippen molar-refractivity contribution in [2.45, 2.75) is 51.5 Å². The first kappa shape index (κ1) is 15.0. The third-order valence-electron chi connectivity index (χ3n) is 6.46. The average Bonchev–Trinajstić information content (AvgIpc) is 2.68. The van der Waals surface area contributed by atoms with Gasteiger partial charge in [-0.1, -0.05) is 28.8 Å². The monoisotopic (exact) mass is 364 g/mol. The van der Waals surface area contributed by atoms with Gasteiger partial charge >= 0.3 is 0 Å². The molecule has 22 heavy (non-hydrogen) atoms. The van der Waals surface area contributed by atoms with Gasteiger partial charge in [0.15, 0.2) is 0 Å². The topological polar surface area (TPSA) is 36.8 Å². The summed E-state index contributed by atoms with van der Waals surface area (Å²) in [6.45, 7) is 2.15. The van der Waals surface area contributed by atoms with Crippen LogP contribution < -0.4 is 5.32 Å². The number of halogens is 1. The summed E-state index contributed by atoms with van der Waals surface area (Å²) in [4.78, 5) is 0. The molecule has 0 amide bonds. The molecule has 3 heteroatoms. The summed E-state index contributed by atoms with van der Waals surface area (Å²) in [7, 11) is 0. The lowest BCUT2D eigenvalue weighted by Crippen LogP contribution is -2.86. The number of aromatic hydroxyl groups is 1. The molecule has 4 bridgehead atoms. The van der Waals surface area contributed by atoms with Gasteiger partial charge in [-0.15, -0.1) is 0 Å². The Hall–Kier alpha value is -0.540. The normalized spacial score (nSPS) is 36.5. The van der Waals surface area contributed by atoms with Crippen LogP contribution in [0, 0.1) is 23.2 Å². The summed E-state index contributed by atoms with van der Waals surface area (Å²) < 4.78 is 1.06. The van der Waals surface area contributed by atoms with Gasteiger partial charge < -0.3 is 10.4 Å². The molecule has 2 nitrogen and oxygen atoms in total. The van der Waals surface area contributed by atoms with Crippen LogP contribution in [0.1, 0.15) is 50.5 Å². The van der Waals surface area contributed by atoms with E-state index in [4.69, 9.17) is 0 Å². The second kappa shape index (κ2) is 5.83. The van der Waals surface area contributed by atoms with Gasteiger partial charge in [-0.05, 0) is 68.1 Å². The van der Waals surface area contributed by atoms with Gasteiger partial charge in [-0.2, -0.15) is 0 Å². The molecular weight excluding hydrogens is 338 g/mol. The molecule has 5 rings (SSSR count). The maximum atomic E-state index is 10.00. The van der Waals surface area contributed by atoms with Gasteiger partial charge in [-0.3, -0.25) is 0 Å². The van der Waals surface area contributed by atoms with E-state index in [1.807, 2.05) is 6.07 Å². The molecule has 0 unspecified atom stereocenters. The highest BCUT2D eigenvalue weighted by Gasteiger charge is 2.49. The van der Waals surface area contributed by atoms with Crippen molar-refractivity contribution < 1.29 is 10.4 Å². The summed E-state index contributed by atoms with van der Waals surface area (Å²) in [5, 5.41) is 12.5. The summed E-state index contributed by atoms with van der Waals surface area (Å²) in [5.74, 6) is 3.48. The zero-order valence-electron chi connectivity index (χ0n) is 13.2. The molecule has 120 valence electrons. The molecule has 1 aromatic carbocycles. The molecule has 3 N–H and O–H groups in total. The fourth-order valence-electron chi connectivity index (χ4n) is 5.87. The number of benzene rings is 1. The van der Waals surface area contributed by atoms with E-state index in [9.17, 15) is 5.11 Å². The number of fused-ring (bicyclic) bond motifs is 1. The van der Waals surface area contributed by atoms with Crippen molar-refractivity contribution in [3.63, 3.8) is 0 Å². The molecule has 4 aliphatic carbocycles. The SMILES string of the molecule is Oc1ccc(Br)cc1C[NH2+]CC12CC3C[C@@H](CC[C@H](C3)C1)C2. The van der Waals surface area contributed by atoms with Crippen molar-refractivity contribution >= 4 is 15.9 Å².